The number of nitrogens with one attached hydrogen (secondary N) is 1. The van der Waals surface area contributed by atoms with Crippen molar-refractivity contribution >= 4 is 17.5 Å². The largest absolute Gasteiger partial charge is 0.353 e. The first-order valence-electron chi connectivity index (χ1n) is 7.30. The van der Waals surface area contributed by atoms with Gasteiger partial charge in [-0.15, -0.1) is 0 Å². The number of hydrogen-bond donors (Lipinski definition) is 2. The molecule has 1 amide bonds. The van der Waals surface area contributed by atoms with Gasteiger partial charge in [-0.2, -0.15) is 0 Å². The van der Waals surface area contributed by atoms with Crippen molar-refractivity contribution in [3.63, 3.8) is 0 Å². The molecular weight excluding hydrogens is 272 g/mol. The average Bonchev–Trinajstić information content (AvgIpc) is 2.78. The molecule has 110 valence electrons. The van der Waals surface area contributed by atoms with E-state index in [1.807, 2.05) is 31.2 Å². The first kappa shape index (κ1) is 15.3. The third-order valence-electron chi connectivity index (χ3n) is 3.97. The van der Waals surface area contributed by atoms with Crippen molar-refractivity contribution in [2.45, 2.75) is 57.0 Å². The lowest BCUT2D eigenvalue weighted by atomic mass is 9.94. The van der Waals surface area contributed by atoms with Crippen molar-refractivity contribution in [3.8, 4) is 0 Å². The Balaban J connectivity index is 1.80. The van der Waals surface area contributed by atoms with Gasteiger partial charge in [-0.3, -0.25) is 4.79 Å². The van der Waals surface area contributed by atoms with Gasteiger partial charge in [-0.25, -0.2) is 0 Å². The predicted molar refractivity (Wildman–Crippen MR) is 82.8 cm³/mol. The summed E-state index contributed by atoms with van der Waals surface area (Å²) in [7, 11) is 0. The molecule has 0 spiro atoms. The Hall–Kier alpha value is -1.06. The summed E-state index contributed by atoms with van der Waals surface area (Å²) in [6.45, 7) is 2.02. The molecule has 0 heterocycles. The summed E-state index contributed by atoms with van der Waals surface area (Å²) in [4.78, 5) is 12.0. The molecule has 1 unspecified atom stereocenters. The maximum absolute atomic E-state index is 12.0. The molecule has 1 atom stereocenters. The molecule has 1 aromatic carbocycles. The molecule has 0 aliphatic heterocycles. The van der Waals surface area contributed by atoms with Gasteiger partial charge in [0.15, 0.2) is 0 Å². The second-order valence-corrected chi connectivity index (χ2v) is 6.48. The summed E-state index contributed by atoms with van der Waals surface area (Å²) >= 11 is 5.86. The summed E-state index contributed by atoms with van der Waals surface area (Å²) in [5.74, 6) is 0.0656. The normalized spacial score (nSPS) is 18.8. The zero-order chi connectivity index (χ0) is 14.6. The van der Waals surface area contributed by atoms with Gasteiger partial charge in [0, 0.05) is 23.0 Å². The first-order chi connectivity index (χ1) is 9.47. The summed E-state index contributed by atoms with van der Waals surface area (Å²) in [6, 6.07) is 7.84. The summed E-state index contributed by atoms with van der Waals surface area (Å²) in [5.41, 5.74) is 7.13. The fourth-order valence-corrected chi connectivity index (χ4v) is 3.05. The lowest BCUT2D eigenvalue weighted by Gasteiger charge is -2.24. The predicted octanol–water partition coefficient (Wildman–Crippen LogP) is 3.05. The molecule has 0 saturated heterocycles. The van der Waals surface area contributed by atoms with Crippen LogP contribution in [0.15, 0.2) is 24.3 Å². The lowest BCUT2D eigenvalue weighted by molar-refractivity contribution is -0.122. The number of halogens is 1. The monoisotopic (exact) mass is 294 g/mol. The highest BCUT2D eigenvalue weighted by Gasteiger charge is 2.31. The van der Waals surface area contributed by atoms with E-state index >= 15 is 0 Å². The van der Waals surface area contributed by atoms with Crippen LogP contribution in [0.3, 0.4) is 0 Å². The van der Waals surface area contributed by atoms with Crippen molar-refractivity contribution < 1.29 is 4.79 Å². The third kappa shape index (κ3) is 4.50. The number of nitrogens with two attached hydrogens (primary N) is 1. The SMILES string of the molecule is CC(Cc1ccc(Cl)cc1)NC(=O)CC1(N)CCCC1. The molecule has 0 aromatic heterocycles. The second kappa shape index (κ2) is 6.59. The maximum Gasteiger partial charge on any atom is 0.222 e. The molecule has 3 N–H and O–H groups in total. The quantitative estimate of drug-likeness (QED) is 0.877. The van der Waals surface area contributed by atoms with Gasteiger partial charge in [-0.1, -0.05) is 36.6 Å². The van der Waals surface area contributed by atoms with Gasteiger partial charge < -0.3 is 11.1 Å². The van der Waals surface area contributed by atoms with Crippen LogP contribution in [0.4, 0.5) is 0 Å². The molecule has 20 heavy (non-hydrogen) atoms. The van der Waals surface area contributed by atoms with Crippen molar-refractivity contribution in [1.29, 1.82) is 0 Å². The Bertz CT molecular complexity index is 452. The number of rotatable bonds is 5. The number of benzene rings is 1. The van der Waals surface area contributed by atoms with Crippen LogP contribution in [-0.2, 0) is 11.2 Å². The van der Waals surface area contributed by atoms with Crippen LogP contribution >= 0.6 is 11.6 Å². The van der Waals surface area contributed by atoms with Crippen LogP contribution < -0.4 is 11.1 Å². The summed E-state index contributed by atoms with van der Waals surface area (Å²) in [5, 5.41) is 3.78. The Labute approximate surface area is 125 Å². The van der Waals surface area contributed by atoms with E-state index in [9.17, 15) is 4.79 Å². The van der Waals surface area contributed by atoms with E-state index in [1.165, 1.54) is 5.56 Å². The molecule has 1 aliphatic carbocycles. The molecule has 4 heteroatoms. The van der Waals surface area contributed by atoms with Crippen LogP contribution in [0.1, 0.15) is 44.6 Å². The highest BCUT2D eigenvalue weighted by Crippen LogP contribution is 2.29. The van der Waals surface area contributed by atoms with E-state index in [-0.39, 0.29) is 17.5 Å². The number of carbonyl (C=O) groups is 1. The van der Waals surface area contributed by atoms with Gasteiger partial charge in [-0.05, 0) is 43.9 Å². The topological polar surface area (TPSA) is 55.1 Å². The molecule has 3 nitrogen and oxygen atoms in total. The van der Waals surface area contributed by atoms with Crippen molar-refractivity contribution in [2.75, 3.05) is 0 Å². The highest BCUT2D eigenvalue weighted by molar-refractivity contribution is 6.30. The van der Waals surface area contributed by atoms with Crippen molar-refractivity contribution in [1.82, 2.24) is 5.32 Å². The van der Waals surface area contributed by atoms with E-state index < -0.39 is 0 Å². The molecule has 0 radical (unpaired) electrons. The van der Waals surface area contributed by atoms with Gasteiger partial charge in [0.25, 0.3) is 0 Å². The fraction of sp³-hybridized carbons (Fsp3) is 0.562. The van der Waals surface area contributed by atoms with Gasteiger partial charge >= 0.3 is 0 Å². The number of hydrogen-bond acceptors (Lipinski definition) is 2. The molecule has 1 saturated carbocycles. The summed E-state index contributed by atoms with van der Waals surface area (Å²) in [6.07, 6.45) is 5.46. The Morgan fingerprint density at radius 2 is 1.95 bits per heavy atom. The molecule has 1 fully saturated rings. The minimum Gasteiger partial charge on any atom is -0.353 e. The first-order valence-corrected chi connectivity index (χ1v) is 7.67. The number of amides is 1. The highest BCUT2D eigenvalue weighted by atomic mass is 35.5. The van der Waals surface area contributed by atoms with Crippen molar-refractivity contribution in [2.24, 2.45) is 5.73 Å². The maximum atomic E-state index is 12.0. The molecule has 1 aliphatic rings. The van der Waals surface area contributed by atoms with Crippen LogP contribution in [0.5, 0.6) is 0 Å². The minimum atomic E-state index is -0.274. The molecule has 2 rings (SSSR count). The molecule has 1 aromatic rings. The second-order valence-electron chi connectivity index (χ2n) is 6.05. The van der Waals surface area contributed by atoms with E-state index in [1.54, 1.807) is 0 Å². The Morgan fingerprint density at radius 1 is 1.35 bits per heavy atom. The van der Waals surface area contributed by atoms with Crippen molar-refractivity contribution in [3.05, 3.63) is 34.9 Å². The zero-order valence-corrected chi connectivity index (χ0v) is 12.7. The van der Waals surface area contributed by atoms with Crippen LogP contribution in [0, 0.1) is 0 Å². The van der Waals surface area contributed by atoms with Crippen LogP contribution in [0.25, 0.3) is 0 Å². The van der Waals surface area contributed by atoms with Crippen LogP contribution in [0.2, 0.25) is 5.02 Å². The van der Waals surface area contributed by atoms with E-state index in [0.29, 0.717) is 6.42 Å². The standard InChI is InChI=1S/C16H23ClN2O/c1-12(10-13-4-6-14(17)7-5-13)19-15(20)11-16(18)8-2-3-9-16/h4-7,12H,2-3,8-11,18H2,1H3,(H,19,20). The third-order valence-corrected chi connectivity index (χ3v) is 4.23. The molecule has 0 bridgehead atoms. The average molecular weight is 295 g/mol. The smallest absolute Gasteiger partial charge is 0.222 e. The van der Waals surface area contributed by atoms with E-state index in [2.05, 4.69) is 5.32 Å². The minimum absolute atomic E-state index is 0.0656. The van der Waals surface area contributed by atoms with E-state index in [4.69, 9.17) is 17.3 Å². The van der Waals surface area contributed by atoms with Gasteiger partial charge in [0.2, 0.25) is 5.91 Å². The number of carbonyl (C=O) groups excluding carboxylic acids is 1. The van der Waals surface area contributed by atoms with E-state index in [0.717, 1.165) is 37.1 Å². The lowest BCUT2D eigenvalue weighted by Crippen LogP contribution is -2.44. The van der Waals surface area contributed by atoms with Gasteiger partial charge in [0.1, 0.15) is 0 Å². The Kier molecular flexibility index (Phi) is 5.06. The molecular formula is C16H23ClN2O. The van der Waals surface area contributed by atoms with Gasteiger partial charge in [0.05, 0.1) is 0 Å². The van der Waals surface area contributed by atoms with Crippen LogP contribution in [-0.4, -0.2) is 17.5 Å². The summed E-state index contributed by atoms with van der Waals surface area (Å²) < 4.78 is 0. The zero-order valence-electron chi connectivity index (χ0n) is 12.0. The fourth-order valence-electron chi connectivity index (χ4n) is 2.93. The Morgan fingerprint density at radius 3 is 2.55 bits per heavy atom.